The Morgan fingerprint density at radius 3 is 2.34 bits per heavy atom. The Labute approximate surface area is 190 Å². The summed E-state index contributed by atoms with van der Waals surface area (Å²) in [6.07, 6.45) is 0. The molecule has 4 nitrogen and oxygen atoms in total. The fourth-order valence-corrected chi connectivity index (χ4v) is 4.52. The van der Waals surface area contributed by atoms with Crippen molar-refractivity contribution >= 4 is 61.8 Å². The smallest absolute Gasteiger partial charge is 0.201 e. The second-order valence-corrected chi connectivity index (χ2v) is 8.92. The number of nitrogens with zero attached hydrogens (tertiary/aromatic N) is 1. The number of ether oxygens (including phenoxy) is 2. The van der Waals surface area contributed by atoms with E-state index in [1.807, 2.05) is 19.1 Å². The highest BCUT2D eigenvalue weighted by Gasteiger charge is 2.31. The number of aryl methyl sites for hydroxylation is 1. The number of rotatable bonds is 6. The van der Waals surface area contributed by atoms with Gasteiger partial charge in [-0.3, -0.25) is 4.79 Å². The zero-order chi connectivity index (χ0) is 20.5. The largest absolute Gasteiger partial charge is 0.490 e. The molecule has 2 aromatic carbocycles. The van der Waals surface area contributed by atoms with Gasteiger partial charge in [-0.05, 0) is 58.7 Å². The zero-order valence-electron chi connectivity index (χ0n) is 15.2. The van der Waals surface area contributed by atoms with E-state index in [0.29, 0.717) is 44.8 Å². The van der Waals surface area contributed by atoms with E-state index in [1.165, 1.54) is 0 Å². The molecule has 0 saturated carbocycles. The first kappa shape index (κ1) is 20.4. The summed E-state index contributed by atoms with van der Waals surface area (Å²) in [6, 6.07) is 10.6. The van der Waals surface area contributed by atoms with Gasteiger partial charge in [-0.15, -0.1) is 11.3 Å². The number of aromatic nitrogens is 1. The normalized spacial score (nSPS) is 13.0. The molecule has 0 aliphatic heterocycles. The van der Waals surface area contributed by atoms with Crippen LogP contribution in [-0.4, -0.2) is 24.0 Å². The first-order valence-corrected chi connectivity index (χ1v) is 11.1. The minimum absolute atomic E-state index is 0.0695. The predicted octanol–water partition coefficient (Wildman–Crippen LogP) is 6.57. The van der Waals surface area contributed by atoms with Gasteiger partial charge in [-0.2, -0.15) is 0 Å². The molecule has 4 rings (SSSR count). The molecule has 0 atom stereocenters. The first-order chi connectivity index (χ1) is 14.0. The van der Waals surface area contributed by atoms with Crippen molar-refractivity contribution in [2.75, 3.05) is 13.2 Å². The summed E-state index contributed by atoms with van der Waals surface area (Å²) in [4.78, 5) is 18.2. The molecule has 0 N–H and O–H groups in total. The fraction of sp³-hybridized carbons (Fsp3) is 0.143. The van der Waals surface area contributed by atoms with Crippen LogP contribution in [0.15, 0.2) is 46.4 Å². The van der Waals surface area contributed by atoms with Gasteiger partial charge in [0.1, 0.15) is 24.7 Å². The number of ketones is 1. The lowest BCUT2D eigenvalue weighted by Gasteiger charge is -2.10. The number of hydrogen-bond donors (Lipinski definition) is 0. The zero-order valence-corrected chi connectivity index (χ0v) is 19.1. The van der Waals surface area contributed by atoms with Crippen molar-refractivity contribution in [2.24, 2.45) is 0 Å². The van der Waals surface area contributed by atoms with Gasteiger partial charge in [0.2, 0.25) is 5.78 Å². The molecule has 1 aliphatic carbocycles. The van der Waals surface area contributed by atoms with Gasteiger partial charge < -0.3 is 9.47 Å². The summed E-state index contributed by atoms with van der Waals surface area (Å²) in [7, 11) is 0. The lowest BCUT2D eigenvalue weighted by molar-refractivity contribution is 0.104. The summed E-state index contributed by atoms with van der Waals surface area (Å²) in [5.41, 5.74) is 4.90. The summed E-state index contributed by atoms with van der Waals surface area (Å²) in [6.45, 7) is 2.64. The minimum Gasteiger partial charge on any atom is -0.490 e. The van der Waals surface area contributed by atoms with E-state index in [2.05, 4.69) is 20.9 Å². The molecule has 8 heteroatoms. The van der Waals surface area contributed by atoms with E-state index in [0.717, 1.165) is 21.7 Å². The van der Waals surface area contributed by atoms with Crippen LogP contribution in [-0.2, 0) is 0 Å². The Kier molecular flexibility index (Phi) is 5.97. The molecule has 29 heavy (non-hydrogen) atoms. The van der Waals surface area contributed by atoms with E-state index in [4.69, 9.17) is 32.7 Å². The van der Waals surface area contributed by atoms with Crippen molar-refractivity contribution in [1.29, 1.82) is 0 Å². The first-order valence-electron chi connectivity index (χ1n) is 8.65. The summed E-state index contributed by atoms with van der Waals surface area (Å²) in [5.74, 6) is 1.15. The number of hydrogen-bond acceptors (Lipinski definition) is 5. The maximum absolute atomic E-state index is 12.7. The quantitative estimate of drug-likeness (QED) is 0.352. The van der Waals surface area contributed by atoms with Gasteiger partial charge in [0.15, 0.2) is 0 Å². The maximum Gasteiger partial charge on any atom is 0.201 e. The lowest BCUT2D eigenvalue weighted by Crippen LogP contribution is -2.09. The van der Waals surface area contributed by atoms with Crippen molar-refractivity contribution in [1.82, 2.24) is 4.98 Å². The molecule has 148 valence electrons. The van der Waals surface area contributed by atoms with Crippen molar-refractivity contribution in [3.63, 3.8) is 0 Å². The van der Waals surface area contributed by atoms with E-state index < -0.39 is 0 Å². The van der Waals surface area contributed by atoms with Gasteiger partial charge >= 0.3 is 0 Å². The fourth-order valence-electron chi connectivity index (χ4n) is 3.03. The van der Waals surface area contributed by atoms with Crippen molar-refractivity contribution in [3.05, 3.63) is 78.1 Å². The molecule has 0 bridgehead atoms. The summed E-state index contributed by atoms with van der Waals surface area (Å²) in [5, 5.41) is 0.913. The Bertz CT molecular complexity index is 1140. The third-order valence-corrected chi connectivity index (χ3v) is 6.67. The summed E-state index contributed by atoms with van der Waals surface area (Å²) >= 11 is 16.9. The molecule has 0 saturated heterocycles. The van der Waals surface area contributed by atoms with Crippen LogP contribution in [0.25, 0.3) is 5.57 Å². The Balaban J connectivity index is 1.44. The van der Waals surface area contributed by atoms with Crippen LogP contribution in [0.5, 0.6) is 11.5 Å². The van der Waals surface area contributed by atoms with Crippen LogP contribution in [0.2, 0.25) is 10.0 Å². The van der Waals surface area contributed by atoms with Crippen LogP contribution < -0.4 is 9.47 Å². The van der Waals surface area contributed by atoms with Crippen LogP contribution in [0, 0.1) is 6.92 Å². The van der Waals surface area contributed by atoms with Crippen molar-refractivity contribution < 1.29 is 14.3 Å². The lowest BCUT2D eigenvalue weighted by atomic mass is 10.0. The number of carbonyl (C=O) groups is 1. The number of fused-ring (bicyclic) bond motifs is 1. The highest BCUT2D eigenvalue weighted by molar-refractivity contribution is 9.12. The molecule has 1 aliphatic rings. The number of thiazole rings is 1. The minimum atomic E-state index is -0.0695. The third-order valence-electron chi connectivity index (χ3n) is 4.42. The average Bonchev–Trinajstić information content (AvgIpc) is 3.23. The Morgan fingerprint density at radius 2 is 1.69 bits per heavy atom. The topological polar surface area (TPSA) is 48.4 Å². The molecule has 3 aromatic rings. The molecule has 0 amide bonds. The Morgan fingerprint density at radius 1 is 1.00 bits per heavy atom. The SMILES string of the molecule is Cc1scnc1C1=C(Br)C(=O)c2cc(OCCOc3ccc(Cl)c(Cl)c3)ccc21. The highest BCUT2D eigenvalue weighted by Crippen LogP contribution is 2.42. The van der Waals surface area contributed by atoms with Crippen LogP contribution in [0.3, 0.4) is 0 Å². The standard InChI is InChI=1S/C21H14BrCl2NO3S/c1-11-20(25-10-29-11)18-14-4-2-12(8-15(14)21(26)19(18)22)27-6-7-28-13-3-5-16(23)17(24)9-13/h2-5,8-10H,6-7H2,1H3. The number of benzene rings is 2. The second kappa shape index (κ2) is 8.48. The number of halogens is 3. The predicted molar refractivity (Wildman–Crippen MR) is 120 cm³/mol. The van der Waals surface area contributed by atoms with Crippen LogP contribution >= 0.6 is 50.5 Å². The monoisotopic (exact) mass is 509 g/mol. The molecular weight excluding hydrogens is 497 g/mol. The van der Waals surface area contributed by atoms with Gasteiger partial charge in [0.05, 0.1) is 25.7 Å². The van der Waals surface area contributed by atoms with Gasteiger partial charge in [0.25, 0.3) is 0 Å². The van der Waals surface area contributed by atoms with E-state index in [-0.39, 0.29) is 5.78 Å². The Hall–Kier alpha value is -1.86. The number of Topliss-reactive ketones (excluding diaryl/α,β-unsaturated/α-hetero) is 1. The summed E-state index contributed by atoms with van der Waals surface area (Å²) < 4.78 is 11.9. The molecular formula is C21H14BrCl2NO3S. The molecule has 0 unspecified atom stereocenters. The van der Waals surface area contributed by atoms with Crippen LogP contribution in [0.1, 0.15) is 26.5 Å². The molecule has 1 aromatic heterocycles. The van der Waals surface area contributed by atoms with E-state index in [9.17, 15) is 4.79 Å². The van der Waals surface area contributed by atoms with Gasteiger partial charge in [0, 0.05) is 22.1 Å². The molecule has 0 spiro atoms. The molecule has 1 heterocycles. The highest BCUT2D eigenvalue weighted by atomic mass is 79.9. The third kappa shape index (κ3) is 4.08. The van der Waals surface area contributed by atoms with Gasteiger partial charge in [-0.1, -0.05) is 23.2 Å². The molecule has 0 radical (unpaired) electrons. The number of allylic oxidation sites excluding steroid dienone is 1. The second-order valence-electron chi connectivity index (χ2n) is 6.26. The van der Waals surface area contributed by atoms with E-state index >= 15 is 0 Å². The number of carbonyl (C=O) groups excluding carboxylic acids is 1. The maximum atomic E-state index is 12.7. The van der Waals surface area contributed by atoms with Crippen molar-refractivity contribution in [2.45, 2.75) is 6.92 Å². The van der Waals surface area contributed by atoms with E-state index in [1.54, 1.807) is 41.1 Å². The molecule has 0 fully saturated rings. The average molecular weight is 511 g/mol. The van der Waals surface area contributed by atoms with Crippen molar-refractivity contribution in [3.8, 4) is 11.5 Å². The van der Waals surface area contributed by atoms with Crippen LogP contribution in [0.4, 0.5) is 0 Å². The van der Waals surface area contributed by atoms with Gasteiger partial charge in [-0.25, -0.2) is 4.98 Å².